The van der Waals surface area contributed by atoms with Gasteiger partial charge in [0.25, 0.3) is 0 Å². The van der Waals surface area contributed by atoms with Crippen LogP contribution in [-0.4, -0.2) is 66.9 Å². The van der Waals surface area contributed by atoms with Gasteiger partial charge in [-0.2, -0.15) is 0 Å². The van der Waals surface area contributed by atoms with Gasteiger partial charge in [0.1, 0.15) is 18.7 Å². The lowest BCUT2D eigenvalue weighted by molar-refractivity contribution is -0.149. The van der Waals surface area contributed by atoms with Gasteiger partial charge < -0.3 is 24.8 Å². The number of ether oxygens (including phenoxy) is 2. The average Bonchev–Trinajstić information content (AvgIpc) is 3.40. The van der Waals surface area contributed by atoms with E-state index in [2.05, 4.69) is 17.4 Å². The largest absolute Gasteiger partial charge is 0.480 e. The molecule has 2 aromatic carbocycles. The van der Waals surface area contributed by atoms with Gasteiger partial charge >= 0.3 is 12.1 Å². The van der Waals surface area contributed by atoms with Crippen LogP contribution in [0.15, 0.2) is 48.5 Å². The normalized spacial score (nSPS) is 18.0. The van der Waals surface area contributed by atoms with Crippen LogP contribution >= 0.6 is 0 Å². The summed E-state index contributed by atoms with van der Waals surface area (Å²) in [5.41, 5.74) is 4.43. The van der Waals surface area contributed by atoms with Crippen LogP contribution in [0.4, 0.5) is 4.79 Å². The molecular formula is C24H26N2O6. The fourth-order valence-corrected chi connectivity index (χ4v) is 4.61. The van der Waals surface area contributed by atoms with Crippen molar-refractivity contribution in [3.05, 3.63) is 59.7 Å². The van der Waals surface area contributed by atoms with Crippen molar-refractivity contribution in [3.63, 3.8) is 0 Å². The Morgan fingerprint density at radius 2 is 1.72 bits per heavy atom. The lowest BCUT2D eigenvalue weighted by Gasteiger charge is -2.27. The highest BCUT2D eigenvalue weighted by Crippen LogP contribution is 2.44. The Morgan fingerprint density at radius 3 is 2.31 bits per heavy atom. The van der Waals surface area contributed by atoms with Crippen LogP contribution in [-0.2, 0) is 19.1 Å². The minimum Gasteiger partial charge on any atom is -0.480 e. The Labute approximate surface area is 186 Å². The molecule has 2 amide bonds. The molecule has 2 aliphatic rings. The summed E-state index contributed by atoms with van der Waals surface area (Å²) in [7, 11) is 1.42. The fraction of sp³-hybridized carbons (Fsp3) is 0.375. The zero-order valence-corrected chi connectivity index (χ0v) is 17.8. The first kappa shape index (κ1) is 21.8. The first-order valence-corrected chi connectivity index (χ1v) is 10.6. The van der Waals surface area contributed by atoms with Gasteiger partial charge in [-0.3, -0.25) is 4.79 Å². The highest BCUT2D eigenvalue weighted by molar-refractivity contribution is 5.90. The Balaban J connectivity index is 1.42. The van der Waals surface area contributed by atoms with Crippen LogP contribution in [0, 0.1) is 0 Å². The van der Waals surface area contributed by atoms with Gasteiger partial charge in [-0.1, -0.05) is 48.5 Å². The predicted octanol–water partition coefficient (Wildman–Crippen LogP) is 2.62. The number of carbonyl (C=O) groups is 3. The van der Waals surface area contributed by atoms with E-state index in [-0.39, 0.29) is 19.1 Å². The molecule has 2 unspecified atom stereocenters. The number of likely N-dealkylation sites (tertiary alicyclic amines) is 1. The van der Waals surface area contributed by atoms with Crippen LogP contribution in [0.25, 0.3) is 11.1 Å². The molecular weight excluding hydrogens is 412 g/mol. The molecule has 1 saturated heterocycles. The second kappa shape index (κ2) is 9.40. The molecule has 0 aromatic heterocycles. The van der Waals surface area contributed by atoms with E-state index in [4.69, 9.17) is 9.47 Å². The minimum atomic E-state index is -1.05. The molecule has 0 spiro atoms. The lowest BCUT2D eigenvalue weighted by Crippen LogP contribution is -2.53. The fourth-order valence-electron chi connectivity index (χ4n) is 4.61. The molecule has 1 fully saturated rings. The number of alkyl carbamates (subject to hydrolysis) is 1. The van der Waals surface area contributed by atoms with Gasteiger partial charge in [0.2, 0.25) is 5.91 Å². The van der Waals surface area contributed by atoms with Crippen molar-refractivity contribution in [1.29, 1.82) is 0 Å². The summed E-state index contributed by atoms with van der Waals surface area (Å²) >= 11 is 0. The molecule has 1 heterocycles. The summed E-state index contributed by atoms with van der Waals surface area (Å²) in [5, 5.41) is 11.9. The molecule has 2 N–H and O–H groups in total. The number of benzene rings is 2. The van der Waals surface area contributed by atoms with Crippen LogP contribution in [0.5, 0.6) is 0 Å². The number of carbonyl (C=O) groups excluding carboxylic acids is 2. The van der Waals surface area contributed by atoms with Crippen molar-refractivity contribution in [1.82, 2.24) is 10.2 Å². The van der Waals surface area contributed by atoms with Crippen molar-refractivity contribution in [3.8, 4) is 11.1 Å². The van der Waals surface area contributed by atoms with Gasteiger partial charge in [-0.25, -0.2) is 9.59 Å². The third-order valence-corrected chi connectivity index (χ3v) is 6.09. The first-order valence-electron chi connectivity index (χ1n) is 10.6. The molecule has 1 aliphatic carbocycles. The highest BCUT2D eigenvalue weighted by Gasteiger charge is 2.38. The van der Waals surface area contributed by atoms with Crippen molar-refractivity contribution in [2.24, 2.45) is 0 Å². The van der Waals surface area contributed by atoms with E-state index in [0.717, 1.165) is 22.3 Å². The van der Waals surface area contributed by atoms with E-state index in [1.165, 1.54) is 12.0 Å². The van der Waals surface area contributed by atoms with E-state index in [1.807, 2.05) is 36.4 Å². The third-order valence-electron chi connectivity index (χ3n) is 6.09. The van der Waals surface area contributed by atoms with E-state index in [0.29, 0.717) is 19.4 Å². The summed E-state index contributed by atoms with van der Waals surface area (Å²) in [5.74, 6) is -1.63. The summed E-state index contributed by atoms with van der Waals surface area (Å²) in [6.07, 6.45) is 0.257. The Hall–Kier alpha value is -3.39. The topological polar surface area (TPSA) is 105 Å². The van der Waals surface area contributed by atoms with Crippen LogP contribution in [0.1, 0.15) is 29.9 Å². The first-order chi connectivity index (χ1) is 15.5. The standard InChI is InChI=1S/C24H26N2O6/c1-31-14-20(22(27)26-12-6-11-21(26)23(28)29)25-24(30)32-13-19-17-9-4-2-7-15(17)16-8-3-5-10-18(16)19/h2-5,7-10,19-21H,6,11-14H2,1H3,(H,25,30)(H,28,29). The second-order valence-electron chi connectivity index (χ2n) is 8.01. The Bertz CT molecular complexity index is 978. The number of carboxylic acids is 1. The molecule has 2 atom stereocenters. The molecule has 168 valence electrons. The average molecular weight is 438 g/mol. The minimum absolute atomic E-state index is 0.0775. The number of amides is 2. The van der Waals surface area contributed by atoms with Gasteiger partial charge in [0.15, 0.2) is 0 Å². The number of aliphatic carboxylic acids is 1. The molecule has 8 heteroatoms. The molecule has 4 rings (SSSR count). The van der Waals surface area contributed by atoms with E-state index < -0.39 is 30.1 Å². The smallest absolute Gasteiger partial charge is 0.407 e. The van der Waals surface area contributed by atoms with E-state index in [1.54, 1.807) is 0 Å². The molecule has 2 aromatic rings. The number of methoxy groups -OCH3 is 1. The number of hydrogen-bond donors (Lipinski definition) is 2. The Kier molecular flexibility index (Phi) is 6.41. The second-order valence-corrected chi connectivity index (χ2v) is 8.01. The predicted molar refractivity (Wildman–Crippen MR) is 116 cm³/mol. The summed E-state index contributed by atoms with van der Waals surface area (Å²) in [4.78, 5) is 38.2. The molecule has 32 heavy (non-hydrogen) atoms. The summed E-state index contributed by atoms with van der Waals surface area (Å²) in [6, 6.07) is 14.1. The zero-order valence-electron chi connectivity index (χ0n) is 17.8. The van der Waals surface area contributed by atoms with Crippen LogP contribution in [0.2, 0.25) is 0 Å². The summed E-state index contributed by atoms with van der Waals surface area (Å²) < 4.78 is 10.6. The van der Waals surface area contributed by atoms with Gasteiger partial charge in [0, 0.05) is 19.6 Å². The van der Waals surface area contributed by atoms with Crippen LogP contribution in [0.3, 0.4) is 0 Å². The zero-order chi connectivity index (χ0) is 22.7. The van der Waals surface area contributed by atoms with Crippen LogP contribution < -0.4 is 5.32 Å². The van der Waals surface area contributed by atoms with E-state index >= 15 is 0 Å². The molecule has 8 nitrogen and oxygen atoms in total. The Morgan fingerprint density at radius 1 is 1.09 bits per heavy atom. The van der Waals surface area contributed by atoms with Crippen molar-refractivity contribution in [2.75, 3.05) is 26.9 Å². The lowest BCUT2D eigenvalue weighted by atomic mass is 9.98. The number of rotatable bonds is 7. The SMILES string of the molecule is COCC(NC(=O)OCC1c2ccccc2-c2ccccc21)C(=O)N1CCCC1C(=O)O. The maximum absolute atomic E-state index is 12.9. The van der Waals surface area contributed by atoms with Crippen molar-refractivity contribution in [2.45, 2.75) is 30.8 Å². The maximum Gasteiger partial charge on any atom is 0.407 e. The number of fused-ring (bicyclic) bond motifs is 3. The van der Waals surface area contributed by atoms with Gasteiger partial charge in [-0.15, -0.1) is 0 Å². The number of hydrogen-bond acceptors (Lipinski definition) is 5. The molecule has 1 aliphatic heterocycles. The molecule has 0 bridgehead atoms. The molecule has 0 saturated carbocycles. The van der Waals surface area contributed by atoms with Gasteiger partial charge in [-0.05, 0) is 35.1 Å². The quantitative estimate of drug-likeness (QED) is 0.689. The number of carboxylic acid groups (broad SMARTS) is 1. The number of nitrogens with one attached hydrogen (secondary N) is 1. The monoisotopic (exact) mass is 438 g/mol. The molecule has 0 radical (unpaired) electrons. The van der Waals surface area contributed by atoms with Crippen molar-refractivity contribution >= 4 is 18.0 Å². The third kappa shape index (κ3) is 4.18. The highest BCUT2D eigenvalue weighted by atomic mass is 16.5. The van der Waals surface area contributed by atoms with Crippen molar-refractivity contribution < 1.29 is 29.0 Å². The number of nitrogens with zero attached hydrogens (tertiary/aromatic N) is 1. The van der Waals surface area contributed by atoms with E-state index in [9.17, 15) is 19.5 Å². The van der Waals surface area contributed by atoms with Gasteiger partial charge in [0.05, 0.1) is 6.61 Å². The maximum atomic E-state index is 12.9. The summed E-state index contributed by atoms with van der Waals surface area (Å²) in [6.45, 7) is 0.378.